The number of rotatable bonds is 6. The van der Waals surface area contributed by atoms with Crippen molar-refractivity contribution in [3.05, 3.63) is 100 Å². The second-order valence-corrected chi connectivity index (χ2v) is 9.26. The average Bonchev–Trinajstić information content (AvgIpc) is 3.52. The number of carbonyl (C=O) groups excluding carboxylic acids is 2. The molecular formula is C30H26N4O3. The Balaban J connectivity index is 1.64. The summed E-state index contributed by atoms with van der Waals surface area (Å²) in [4.78, 5) is 33.7. The predicted octanol–water partition coefficient (Wildman–Crippen LogP) is 4.58. The second-order valence-electron chi connectivity index (χ2n) is 9.26. The minimum atomic E-state index is -0.404. The van der Waals surface area contributed by atoms with E-state index in [1.165, 1.54) is 0 Å². The van der Waals surface area contributed by atoms with Gasteiger partial charge in [-0.25, -0.2) is 0 Å². The Bertz CT molecular complexity index is 1760. The summed E-state index contributed by atoms with van der Waals surface area (Å²) < 4.78 is 5.63. The highest BCUT2D eigenvalue weighted by molar-refractivity contribution is 6.51. The summed E-state index contributed by atoms with van der Waals surface area (Å²) in [6.07, 6.45) is 0.464. The Hall–Kier alpha value is -4.62. The van der Waals surface area contributed by atoms with Gasteiger partial charge in [-0.05, 0) is 30.7 Å². The van der Waals surface area contributed by atoms with E-state index in [0.717, 1.165) is 61.2 Å². The van der Waals surface area contributed by atoms with Crippen LogP contribution in [0.2, 0.25) is 0 Å². The molecule has 6 rings (SSSR count). The van der Waals surface area contributed by atoms with E-state index in [4.69, 9.17) is 10.5 Å². The van der Waals surface area contributed by atoms with E-state index in [1.54, 1.807) is 7.11 Å². The van der Waals surface area contributed by atoms with E-state index in [-0.39, 0.29) is 0 Å². The van der Waals surface area contributed by atoms with E-state index >= 15 is 0 Å². The topological polar surface area (TPSA) is 113 Å². The van der Waals surface area contributed by atoms with Gasteiger partial charge < -0.3 is 20.4 Å². The molecule has 0 saturated carbocycles. The first kappa shape index (κ1) is 22.8. The highest BCUT2D eigenvalue weighted by Gasteiger charge is 2.37. The highest BCUT2D eigenvalue weighted by Crippen LogP contribution is 2.41. The molecule has 0 spiro atoms. The number of methoxy groups -OCH3 is 1. The molecule has 0 fully saturated rings. The van der Waals surface area contributed by atoms with Gasteiger partial charge in [0, 0.05) is 62.8 Å². The number of benzene rings is 3. The third kappa shape index (κ3) is 3.63. The van der Waals surface area contributed by atoms with Gasteiger partial charge >= 0.3 is 0 Å². The summed E-state index contributed by atoms with van der Waals surface area (Å²) in [5.41, 5.74) is 13.5. The lowest BCUT2D eigenvalue weighted by Gasteiger charge is -2.12. The number of nitrogens with two attached hydrogens (primary N) is 1. The molecule has 1 aliphatic heterocycles. The van der Waals surface area contributed by atoms with E-state index in [0.29, 0.717) is 24.1 Å². The molecule has 37 heavy (non-hydrogen) atoms. The van der Waals surface area contributed by atoms with Crippen molar-refractivity contribution in [3.8, 4) is 5.75 Å². The number of aryl methyl sites for hydroxylation is 1. The Morgan fingerprint density at radius 2 is 1.43 bits per heavy atom. The number of ether oxygens (including phenoxy) is 1. The normalized spacial score (nSPS) is 13.7. The molecule has 0 unspecified atom stereocenters. The van der Waals surface area contributed by atoms with Crippen molar-refractivity contribution in [1.29, 1.82) is 0 Å². The number of aromatic nitrogens is 2. The van der Waals surface area contributed by atoms with Gasteiger partial charge in [0.25, 0.3) is 11.8 Å². The molecule has 0 atom stereocenters. The van der Waals surface area contributed by atoms with Crippen LogP contribution in [0.25, 0.3) is 33.0 Å². The van der Waals surface area contributed by atoms with Crippen molar-refractivity contribution < 1.29 is 14.3 Å². The smallest absolute Gasteiger partial charge is 0.259 e. The second kappa shape index (κ2) is 8.80. The Morgan fingerprint density at radius 3 is 2.11 bits per heavy atom. The molecule has 3 aromatic carbocycles. The molecule has 0 aliphatic carbocycles. The molecule has 7 nitrogen and oxygen atoms in total. The summed E-state index contributed by atoms with van der Waals surface area (Å²) in [6, 6.07) is 21.5. The summed E-state index contributed by atoms with van der Waals surface area (Å²) in [5, 5.41) is 4.34. The molecule has 2 aromatic heterocycles. The van der Waals surface area contributed by atoms with Crippen LogP contribution in [-0.4, -0.2) is 28.9 Å². The summed E-state index contributed by atoms with van der Waals surface area (Å²) in [6.45, 7) is 2.33. The minimum Gasteiger partial charge on any atom is -0.496 e. The number of amides is 2. The molecule has 0 radical (unpaired) electrons. The third-order valence-electron chi connectivity index (χ3n) is 7.06. The number of carbonyl (C=O) groups is 2. The molecular weight excluding hydrogens is 464 g/mol. The molecule has 0 bridgehead atoms. The molecule has 7 heteroatoms. The van der Waals surface area contributed by atoms with Gasteiger partial charge in [-0.3, -0.25) is 14.9 Å². The lowest BCUT2D eigenvalue weighted by atomic mass is 9.91. The van der Waals surface area contributed by atoms with Crippen LogP contribution < -0.4 is 15.8 Å². The number of hydrogen-bond acceptors (Lipinski definition) is 4. The van der Waals surface area contributed by atoms with Crippen LogP contribution in [0.5, 0.6) is 5.75 Å². The van der Waals surface area contributed by atoms with Gasteiger partial charge in [0.1, 0.15) is 5.75 Å². The lowest BCUT2D eigenvalue weighted by molar-refractivity contribution is -0.122. The van der Waals surface area contributed by atoms with Crippen LogP contribution in [-0.2, 0) is 22.6 Å². The van der Waals surface area contributed by atoms with Crippen LogP contribution in [0.3, 0.4) is 0 Å². The molecule has 3 heterocycles. The molecule has 1 aliphatic rings. The van der Waals surface area contributed by atoms with Crippen molar-refractivity contribution in [3.63, 3.8) is 0 Å². The van der Waals surface area contributed by atoms with E-state index in [1.807, 2.05) is 73.7 Å². The largest absolute Gasteiger partial charge is 0.496 e. The van der Waals surface area contributed by atoms with Crippen molar-refractivity contribution >= 4 is 44.8 Å². The Labute approximate surface area is 213 Å². The van der Waals surface area contributed by atoms with Crippen LogP contribution in [0.4, 0.5) is 0 Å². The zero-order valence-electron chi connectivity index (χ0n) is 20.6. The van der Waals surface area contributed by atoms with Gasteiger partial charge in [0.05, 0.1) is 18.3 Å². The zero-order chi connectivity index (χ0) is 25.7. The van der Waals surface area contributed by atoms with Gasteiger partial charge in [0.2, 0.25) is 0 Å². The maximum absolute atomic E-state index is 13.5. The molecule has 5 N–H and O–H groups in total. The molecule has 2 amide bonds. The first-order chi connectivity index (χ1) is 18.0. The van der Waals surface area contributed by atoms with E-state index in [2.05, 4.69) is 15.3 Å². The van der Waals surface area contributed by atoms with Crippen molar-refractivity contribution in [1.82, 2.24) is 15.3 Å². The first-order valence-electron chi connectivity index (χ1n) is 12.1. The van der Waals surface area contributed by atoms with Gasteiger partial charge in [-0.2, -0.15) is 0 Å². The van der Waals surface area contributed by atoms with E-state index < -0.39 is 11.8 Å². The number of imide groups is 1. The Morgan fingerprint density at radius 1 is 0.811 bits per heavy atom. The number of fused-ring (bicyclic) bond motifs is 2. The fourth-order valence-electron chi connectivity index (χ4n) is 5.43. The first-order valence-corrected chi connectivity index (χ1v) is 12.1. The summed E-state index contributed by atoms with van der Waals surface area (Å²) in [7, 11) is 1.64. The zero-order valence-corrected chi connectivity index (χ0v) is 20.6. The van der Waals surface area contributed by atoms with Crippen LogP contribution in [0.15, 0.2) is 66.7 Å². The highest BCUT2D eigenvalue weighted by atomic mass is 16.5. The maximum atomic E-state index is 13.5. The molecule has 184 valence electrons. The van der Waals surface area contributed by atoms with Crippen molar-refractivity contribution in [2.75, 3.05) is 7.11 Å². The SMILES string of the molecule is COc1ccc(CN)cc1Cc1[nH]c2ccccc2c1C1=C(c2c(C)[nH]c3ccccc23)C(=O)NC1=O. The van der Waals surface area contributed by atoms with E-state index in [9.17, 15) is 9.59 Å². The minimum absolute atomic E-state index is 0.374. The van der Waals surface area contributed by atoms with Crippen LogP contribution >= 0.6 is 0 Å². The number of H-pyrrole nitrogens is 2. The fourth-order valence-corrected chi connectivity index (χ4v) is 5.43. The average molecular weight is 491 g/mol. The molecule has 5 aromatic rings. The maximum Gasteiger partial charge on any atom is 0.259 e. The van der Waals surface area contributed by atoms with Crippen LogP contribution in [0.1, 0.15) is 33.6 Å². The van der Waals surface area contributed by atoms with Crippen molar-refractivity contribution in [2.24, 2.45) is 5.73 Å². The van der Waals surface area contributed by atoms with Gasteiger partial charge in [0.15, 0.2) is 0 Å². The van der Waals surface area contributed by atoms with Gasteiger partial charge in [-0.1, -0.05) is 48.5 Å². The number of para-hydroxylation sites is 2. The quantitative estimate of drug-likeness (QED) is 0.261. The standard InChI is InChI=1S/C30H26N4O3/c1-16-25(19-7-3-5-9-21(19)32-16)27-28(30(36)34-29(27)35)26-20-8-4-6-10-22(20)33-23(26)14-18-13-17(15-31)11-12-24(18)37-2/h3-13,32-33H,14-15,31H2,1-2H3,(H,34,35,36). The van der Waals surface area contributed by atoms with Gasteiger partial charge in [-0.15, -0.1) is 0 Å². The lowest BCUT2D eigenvalue weighted by Crippen LogP contribution is -2.23. The fraction of sp³-hybridized carbons (Fsp3) is 0.133. The Kier molecular flexibility index (Phi) is 5.43. The monoisotopic (exact) mass is 490 g/mol. The summed E-state index contributed by atoms with van der Waals surface area (Å²) in [5.74, 6) is -0.0689. The summed E-state index contributed by atoms with van der Waals surface area (Å²) >= 11 is 0. The predicted molar refractivity (Wildman–Crippen MR) is 145 cm³/mol. The number of nitrogens with one attached hydrogen (secondary N) is 3. The molecule has 0 saturated heterocycles. The number of hydrogen-bond donors (Lipinski definition) is 4. The third-order valence-corrected chi connectivity index (χ3v) is 7.06. The number of aromatic amines is 2. The van der Waals surface area contributed by atoms with Crippen LogP contribution in [0, 0.1) is 6.92 Å². The van der Waals surface area contributed by atoms with Crippen molar-refractivity contribution in [2.45, 2.75) is 19.9 Å².